The number of carbonyl (C=O) groups is 2. The summed E-state index contributed by atoms with van der Waals surface area (Å²) in [6, 6.07) is 6.61. The summed E-state index contributed by atoms with van der Waals surface area (Å²) in [5.41, 5.74) is 0.332. The van der Waals surface area contributed by atoms with Gasteiger partial charge in [0.1, 0.15) is 23.0 Å². The Labute approximate surface area is 143 Å². The average molecular weight is 346 g/mol. The number of halogens is 2. The van der Waals surface area contributed by atoms with E-state index in [0.717, 1.165) is 18.5 Å². The number of hydrogen-bond donors (Lipinski definition) is 1. The van der Waals surface area contributed by atoms with Gasteiger partial charge < -0.3 is 15.1 Å². The minimum absolute atomic E-state index is 0.235. The molecule has 25 heavy (non-hydrogen) atoms. The fourth-order valence-electron chi connectivity index (χ4n) is 2.55. The van der Waals surface area contributed by atoms with Crippen LogP contribution in [0.1, 0.15) is 10.5 Å². The monoisotopic (exact) mass is 346 g/mol. The zero-order chi connectivity index (χ0) is 17.8. The standard InChI is InChI=1S/C17H16F2N4O2/c18-13-2-1-3-14(19)16(13)21-12-4-5-15(20-10-12)17(25)23-8-6-22(11-24)7-9-23/h1-5,10-11,21H,6-9H2. The van der Waals surface area contributed by atoms with E-state index in [1.807, 2.05) is 0 Å². The molecule has 1 aromatic heterocycles. The predicted octanol–water partition coefficient (Wildman–Crippen LogP) is 2.02. The fourth-order valence-corrected chi connectivity index (χ4v) is 2.55. The van der Waals surface area contributed by atoms with Gasteiger partial charge in [-0.2, -0.15) is 0 Å². The largest absolute Gasteiger partial charge is 0.349 e. The molecule has 2 aromatic rings. The molecule has 0 unspecified atom stereocenters. The average Bonchev–Trinajstić information content (AvgIpc) is 2.65. The summed E-state index contributed by atoms with van der Waals surface area (Å²) in [5.74, 6) is -1.67. The molecular formula is C17H16F2N4O2. The number of rotatable bonds is 4. The van der Waals surface area contributed by atoms with Crippen LogP contribution in [0, 0.1) is 11.6 Å². The molecule has 0 bridgehead atoms. The van der Waals surface area contributed by atoms with Crippen molar-refractivity contribution in [1.29, 1.82) is 0 Å². The van der Waals surface area contributed by atoms with Crippen molar-refractivity contribution in [1.82, 2.24) is 14.8 Å². The SMILES string of the molecule is O=CN1CCN(C(=O)c2ccc(Nc3c(F)cccc3F)cn2)CC1. The first-order chi connectivity index (χ1) is 12.1. The molecule has 130 valence electrons. The van der Waals surface area contributed by atoms with E-state index in [-0.39, 0.29) is 17.3 Å². The molecule has 1 saturated heterocycles. The number of amides is 2. The molecule has 1 aliphatic heterocycles. The Hall–Kier alpha value is -3.03. The van der Waals surface area contributed by atoms with Crippen LogP contribution in [0.4, 0.5) is 20.2 Å². The highest BCUT2D eigenvalue weighted by molar-refractivity contribution is 5.92. The van der Waals surface area contributed by atoms with Crippen LogP contribution in [0.15, 0.2) is 36.5 Å². The maximum absolute atomic E-state index is 13.6. The zero-order valence-electron chi connectivity index (χ0n) is 13.3. The van der Waals surface area contributed by atoms with Crippen molar-refractivity contribution < 1.29 is 18.4 Å². The molecule has 6 nitrogen and oxygen atoms in total. The van der Waals surface area contributed by atoms with Crippen LogP contribution >= 0.6 is 0 Å². The Balaban J connectivity index is 1.68. The second-order valence-electron chi connectivity index (χ2n) is 5.59. The molecule has 0 radical (unpaired) electrons. The molecule has 2 amide bonds. The van der Waals surface area contributed by atoms with E-state index in [1.165, 1.54) is 24.4 Å². The van der Waals surface area contributed by atoms with Crippen LogP contribution in [0.2, 0.25) is 0 Å². The number of aromatic nitrogens is 1. The summed E-state index contributed by atoms with van der Waals surface area (Å²) in [4.78, 5) is 30.4. The lowest BCUT2D eigenvalue weighted by atomic mass is 10.2. The van der Waals surface area contributed by atoms with Gasteiger partial charge in [-0.25, -0.2) is 13.8 Å². The van der Waals surface area contributed by atoms with Gasteiger partial charge in [-0.1, -0.05) is 6.07 Å². The van der Waals surface area contributed by atoms with Crippen LogP contribution in [0.3, 0.4) is 0 Å². The number of pyridine rings is 1. The number of para-hydroxylation sites is 1. The van der Waals surface area contributed by atoms with Crippen molar-refractivity contribution in [3.05, 3.63) is 53.9 Å². The first kappa shape index (κ1) is 16.8. The van der Waals surface area contributed by atoms with E-state index in [9.17, 15) is 18.4 Å². The molecule has 1 aliphatic rings. The van der Waals surface area contributed by atoms with E-state index in [1.54, 1.807) is 9.80 Å². The first-order valence-electron chi connectivity index (χ1n) is 7.74. The highest BCUT2D eigenvalue weighted by Crippen LogP contribution is 2.22. The van der Waals surface area contributed by atoms with Crippen molar-refractivity contribution in [2.75, 3.05) is 31.5 Å². The number of nitrogens with one attached hydrogen (secondary N) is 1. The van der Waals surface area contributed by atoms with E-state index in [2.05, 4.69) is 10.3 Å². The predicted molar refractivity (Wildman–Crippen MR) is 87.4 cm³/mol. The van der Waals surface area contributed by atoms with Crippen molar-refractivity contribution in [2.24, 2.45) is 0 Å². The van der Waals surface area contributed by atoms with Crippen LogP contribution in [-0.4, -0.2) is 53.3 Å². The van der Waals surface area contributed by atoms with E-state index in [4.69, 9.17) is 0 Å². The number of nitrogens with zero attached hydrogens (tertiary/aromatic N) is 3. The van der Waals surface area contributed by atoms with Crippen molar-refractivity contribution >= 4 is 23.7 Å². The molecule has 0 aliphatic carbocycles. The van der Waals surface area contributed by atoms with E-state index < -0.39 is 11.6 Å². The first-order valence-corrected chi connectivity index (χ1v) is 7.74. The highest BCUT2D eigenvalue weighted by Gasteiger charge is 2.22. The van der Waals surface area contributed by atoms with Crippen molar-refractivity contribution in [3.63, 3.8) is 0 Å². The number of carbonyl (C=O) groups excluding carboxylic acids is 2. The summed E-state index contributed by atoms with van der Waals surface area (Å²) in [6.45, 7) is 1.86. The molecule has 8 heteroatoms. The fraction of sp³-hybridized carbons (Fsp3) is 0.235. The Bertz CT molecular complexity index is 754. The van der Waals surface area contributed by atoms with Gasteiger partial charge in [0, 0.05) is 26.2 Å². The van der Waals surface area contributed by atoms with Crippen LogP contribution in [0.25, 0.3) is 0 Å². The number of hydrogen-bond acceptors (Lipinski definition) is 4. The summed E-state index contributed by atoms with van der Waals surface area (Å²) in [7, 11) is 0. The van der Waals surface area contributed by atoms with Crippen LogP contribution < -0.4 is 5.32 Å². The Kier molecular flexibility index (Phi) is 4.87. The quantitative estimate of drug-likeness (QED) is 0.860. The normalized spacial score (nSPS) is 14.3. The van der Waals surface area contributed by atoms with Crippen LogP contribution in [0.5, 0.6) is 0 Å². The molecule has 1 N–H and O–H groups in total. The molecule has 0 spiro atoms. The van der Waals surface area contributed by atoms with Gasteiger partial charge in [0.15, 0.2) is 0 Å². The van der Waals surface area contributed by atoms with Gasteiger partial charge in [0.2, 0.25) is 6.41 Å². The van der Waals surface area contributed by atoms with Gasteiger partial charge in [0.25, 0.3) is 5.91 Å². The lowest BCUT2D eigenvalue weighted by Crippen LogP contribution is -2.48. The highest BCUT2D eigenvalue weighted by atomic mass is 19.1. The maximum Gasteiger partial charge on any atom is 0.272 e. The third kappa shape index (κ3) is 3.73. The number of piperazine rings is 1. The number of benzene rings is 1. The minimum Gasteiger partial charge on any atom is -0.349 e. The molecule has 0 atom stereocenters. The lowest BCUT2D eigenvalue weighted by molar-refractivity contribution is -0.119. The molecular weight excluding hydrogens is 330 g/mol. The Morgan fingerprint density at radius 3 is 2.32 bits per heavy atom. The Morgan fingerprint density at radius 1 is 1.08 bits per heavy atom. The smallest absolute Gasteiger partial charge is 0.272 e. The minimum atomic E-state index is -0.715. The molecule has 1 fully saturated rings. The molecule has 3 rings (SSSR count). The summed E-state index contributed by atoms with van der Waals surface area (Å²) in [5, 5.41) is 2.62. The lowest BCUT2D eigenvalue weighted by Gasteiger charge is -2.32. The molecule has 1 aromatic carbocycles. The zero-order valence-corrected chi connectivity index (χ0v) is 13.3. The van der Waals surface area contributed by atoms with Gasteiger partial charge in [-0.05, 0) is 24.3 Å². The third-order valence-corrected chi connectivity index (χ3v) is 3.97. The van der Waals surface area contributed by atoms with E-state index in [0.29, 0.717) is 31.9 Å². The van der Waals surface area contributed by atoms with Gasteiger partial charge in [-0.3, -0.25) is 9.59 Å². The Morgan fingerprint density at radius 2 is 1.76 bits per heavy atom. The maximum atomic E-state index is 13.6. The second kappa shape index (κ2) is 7.25. The van der Waals surface area contributed by atoms with Crippen molar-refractivity contribution in [2.45, 2.75) is 0 Å². The van der Waals surface area contributed by atoms with Gasteiger partial charge in [-0.15, -0.1) is 0 Å². The summed E-state index contributed by atoms with van der Waals surface area (Å²) < 4.78 is 27.3. The third-order valence-electron chi connectivity index (χ3n) is 3.97. The second-order valence-corrected chi connectivity index (χ2v) is 5.59. The van der Waals surface area contributed by atoms with Crippen molar-refractivity contribution in [3.8, 4) is 0 Å². The summed E-state index contributed by atoms with van der Waals surface area (Å²) >= 11 is 0. The van der Waals surface area contributed by atoms with E-state index >= 15 is 0 Å². The summed E-state index contributed by atoms with van der Waals surface area (Å²) in [6.07, 6.45) is 2.11. The van der Waals surface area contributed by atoms with Gasteiger partial charge in [0.05, 0.1) is 11.9 Å². The topological polar surface area (TPSA) is 65.5 Å². The molecule has 2 heterocycles. The van der Waals surface area contributed by atoms with Gasteiger partial charge >= 0.3 is 0 Å². The van der Waals surface area contributed by atoms with Crippen LogP contribution in [-0.2, 0) is 4.79 Å². The molecule has 0 saturated carbocycles. The number of anilines is 2.